The molecule has 1 unspecified atom stereocenters. The molecule has 0 amide bonds. The van der Waals surface area contributed by atoms with Crippen molar-refractivity contribution >= 4 is 16.0 Å². The Labute approximate surface area is 111 Å². The van der Waals surface area contributed by atoms with Gasteiger partial charge in [-0.05, 0) is 37.1 Å². The maximum Gasteiger partial charge on any atom is 0.321 e. The smallest absolute Gasteiger partial charge is 0.321 e. The van der Waals surface area contributed by atoms with Gasteiger partial charge in [-0.25, -0.2) is 12.8 Å². The van der Waals surface area contributed by atoms with E-state index in [1.807, 2.05) is 0 Å². The summed E-state index contributed by atoms with van der Waals surface area (Å²) in [6.07, 6.45) is 0.685. The van der Waals surface area contributed by atoms with Crippen molar-refractivity contribution in [3.8, 4) is 0 Å². The minimum absolute atomic E-state index is 0.170. The number of benzene rings is 1. The molecular formula is C12H16FNO4S. The van der Waals surface area contributed by atoms with E-state index < -0.39 is 27.9 Å². The Balaban J connectivity index is 3.06. The van der Waals surface area contributed by atoms with Gasteiger partial charge in [-0.2, -0.15) is 4.72 Å². The second kappa shape index (κ2) is 6.12. The average Bonchev–Trinajstić information content (AvgIpc) is 2.26. The van der Waals surface area contributed by atoms with Crippen molar-refractivity contribution in [3.05, 3.63) is 29.6 Å². The lowest BCUT2D eigenvalue weighted by atomic mass is 10.2. The summed E-state index contributed by atoms with van der Waals surface area (Å²) in [5.74, 6) is -1.93. The van der Waals surface area contributed by atoms with E-state index in [2.05, 4.69) is 4.72 Å². The fourth-order valence-electron chi connectivity index (χ4n) is 1.63. The second-order valence-corrected chi connectivity index (χ2v) is 5.98. The summed E-state index contributed by atoms with van der Waals surface area (Å²) < 4.78 is 39.2. The molecule has 0 aliphatic rings. The van der Waals surface area contributed by atoms with E-state index in [9.17, 15) is 17.6 Å². The number of rotatable bonds is 6. The highest BCUT2D eigenvalue weighted by Crippen LogP contribution is 2.15. The maximum atomic E-state index is 13.2. The van der Waals surface area contributed by atoms with Crippen LogP contribution in [0, 0.1) is 12.7 Å². The van der Waals surface area contributed by atoms with E-state index in [0.29, 0.717) is 12.0 Å². The van der Waals surface area contributed by atoms with Gasteiger partial charge >= 0.3 is 5.97 Å². The predicted octanol–water partition coefficient (Wildman–Crippen LogP) is 1.67. The number of carbonyl (C=O) groups is 1. The summed E-state index contributed by atoms with van der Waals surface area (Å²) in [6.45, 7) is 3.30. The van der Waals surface area contributed by atoms with Crippen LogP contribution in [0.4, 0.5) is 4.39 Å². The largest absolute Gasteiger partial charge is 0.480 e. The number of aryl methyl sites for hydroxylation is 1. The van der Waals surface area contributed by atoms with Crippen LogP contribution >= 0.6 is 0 Å². The van der Waals surface area contributed by atoms with Gasteiger partial charge in [0.25, 0.3) is 0 Å². The van der Waals surface area contributed by atoms with Crippen molar-refractivity contribution in [2.45, 2.75) is 37.6 Å². The minimum atomic E-state index is -4.04. The molecular weight excluding hydrogens is 273 g/mol. The predicted molar refractivity (Wildman–Crippen MR) is 67.8 cm³/mol. The van der Waals surface area contributed by atoms with Crippen LogP contribution in [0.5, 0.6) is 0 Å². The molecule has 0 heterocycles. The quantitative estimate of drug-likeness (QED) is 0.834. The molecule has 1 atom stereocenters. The standard InChI is InChI=1S/C12H16FNO4S/c1-3-4-11(12(15)16)14-19(17,18)10-6-8(2)5-9(13)7-10/h5-7,11,14H,3-4H2,1-2H3,(H,15,16). The lowest BCUT2D eigenvalue weighted by Gasteiger charge is -2.14. The van der Waals surface area contributed by atoms with E-state index in [0.717, 1.165) is 6.07 Å². The van der Waals surface area contributed by atoms with Crippen molar-refractivity contribution in [1.82, 2.24) is 4.72 Å². The van der Waals surface area contributed by atoms with Crippen LogP contribution in [-0.4, -0.2) is 25.5 Å². The van der Waals surface area contributed by atoms with E-state index in [4.69, 9.17) is 5.11 Å². The van der Waals surface area contributed by atoms with Crippen LogP contribution in [-0.2, 0) is 14.8 Å². The zero-order valence-electron chi connectivity index (χ0n) is 10.7. The minimum Gasteiger partial charge on any atom is -0.480 e. The Morgan fingerprint density at radius 2 is 2.05 bits per heavy atom. The van der Waals surface area contributed by atoms with Crippen LogP contribution in [0.25, 0.3) is 0 Å². The topological polar surface area (TPSA) is 83.5 Å². The molecule has 19 heavy (non-hydrogen) atoms. The molecule has 0 aliphatic carbocycles. The highest BCUT2D eigenvalue weighted by Gasteiger charge is 2.25. The summed E-state index contributed by atoms with van der Waals surface area (Å²) in [5.41, 5.74) is 0.447. The second-order valence-electron chi connectivity index (χ2n) is 4.27. The van der Waals surface area contributed by atoms with E-state index in [-0.39, 0.29) is 11.3 Å². The summed E-state index contributed by atoms with van der Waals surface area (Å²) >= 11 is 0. The molecule has 7 heteroatoms. The number of aliphatic carboxylic acids is 1. The summed E-state index contributed by atoms with van der Waals surface area (Å²) in [7, 11) is -4.04. The van der Waals surface area contributed by atoms with Gasteiger partial charge in [0.05, 0.1) is 4.90 Å². The maximum absolute atomic E-state index is 13.2. The van der Waals surface area contributed by atoms with E-state index >= 15 is 0 Å². The molecule has 1 aromatic carbocycles. The summed E-state index contributed by atoms with van der Waals surface area (Å²) in [6, 6.07) is 2.13. The van der Waals surface area contributed by atoms with Gasteiger partial charge in [0.1, 0.15) is 11.9 Å². The van der Waals surface area contributed by atoms with Gasteiger partial charge in [0, 0.05) is 0 Å². The fourth-order valence-corrected chi connectivity index (χ4v) is 2.97. The van der Waals surface area contributed by atoms with Gasteiger partial charge in [-0.1, -0.05) is 13.3 Å². The first kappa shape index (κ1) is 15.6. The lowest BCUT2D eigenvalue weighted by molar-refractivity contribution is -0.139. The number of halogens is 1. The Bertz CT molecular complexity index is 551. The average molecular weight is 289 g/mol. The Morgan fingerprint density at radius 3 is 2.53 bits per heavy atom. The first-order valence-corrected chi connectivity index (χ1v) is 7.27. The SMILES string of the molecule is CCCC(NS(=O)(=O)c1cc(C)cc(F)c1)C(=O)O. The van der Waals surface area contributed by atoms with Gasteiger partial charge < -0.3 is 5.11 Å². The molecule has 2 N–H and O–H groups in total. The van der Waals surface area contributed by atoms with Crippen molar-refractivity contribution < 1.29 is 22.7 Å². The van der Waals surface area contributed by atoms with Gasteiger partial charge in [0.15, 0.2) is 0 Å². The van der Waals surface area contributed by atoms with Crippen LogP contribution < -0.4 is 4.72 Å². The van der Waals surface area contributed by atoms with Gasteiger partial charge in [-0.3, -0.25) is 4.79 Å². The molecule has 0 spiro atoms. The van der Waals surface area contributed by atoms with Crippen molar-refractivity contribution in [3.63, 3.8) is 0 Å². The summed E-state index contributed by atoms with van der Waals surface area (Å²) in [4.78, 5) is 10.7. The third kappa shape index (κ3) is 4.29. The zero-order chi connectivity index (χ0) is 14.6. The molecule has 0 saturated carbocycles. The fraction of sp³-hybridized carbons (Fsp3) is 0.417. The number of nitrogens with one attached hydrogen (secondary N) is 1. The van der Waals surface area contributed by atoms with Crippen molar-refractivity contribution in [2.24, 2.45) is 0 Å². The lowest BCUT2D eigenvalue weighted by Crippen LogP contribution is -2.40. The molecule has 0 bridgehead atoms. The number of hydrogen-bond acceptors (Lipinski definition) is 3. The van der Waals surface area contributed by atoms with Gasteiger partial charge in [-0.15, -0.1) is 0 Å². The number of hydrogen-bond donors (Lipinski definition) is 2. The number of carboxylic acid groups (broad SMARTS) is 1. The van der Waals surface area contributed by atoms with Crippen molar-refractivity contribution in [1.29, 1.82) is 0 Å². The number of sulfonamides is 1. The molecule has 0 aromatic heterocycles. The van der Waals surface area contributed by atoms with Crippen molar-refractivity contribution in [2.75, 3.05) is 0 Å². The van der Waals surface area contributed by atoms with Crippen LogP contribution in [0.2, 0.25) is 0 Å². The first-order chi connectivity index (χ1) is 8.76. The third-order valence-corrected chi connectivity index (χ3v) is 3.95. The van der Waals surface area contributed by atoms with Crippen LogP contribution in [0.3, 0.4) is 0 Å². The zero-order valence-corrected chi connectivity index (χ0v) is 11.5. The molecule has 1 aromatic rings. The molecule has 0 radical (unpaired) electrons. The highest BCUT2D eigenvalue weighted by molar-refractivity contribution is 7.89. The van der Waals surface area contributed by atoms with Gasteiger partial charge in [0.2, 0.25) is 10.0 Å². The molecule has 0 fully saturated rings. The Morgan fingerprint density at radius 1 is 1.42 bits per heavy atom. The Hall–Kier alpha value is -1.47. The monoisotopic (exact) mass is 289 g/mol. The van der Waals surface area contributed by atoms with Crippen LogP contribution in [0.1, 0.15) is 25.3 Å². The molecule has 106 valence electrons. The summed E-state index contributed by atoms with van der Waals surface area (Å²) in [5, 5.41) is 8.92. The Kier molecular flexibility index (Phi) is 5.02. The van der Waals surface area contributed by atoms with E-state index in [1.165, 1.54) is 12.1 Å². The molecule has 0 aliphatic heterocycles. The molecule has 0 saturated heterocycles. The third-order valence-electron chi connectivity index (χ3n) is 2.50. The van der Waals surface area contributed by atoms with E-state index in [1.54, 1.807) is 13.8 Å². The highest BCUT2D eigenvalue weighted by atomic mass is 32.2. The first-order valence-electron chi connectivity index (χ1n) is 5.78. The molecule has 1 rings (SSSR count). The number of carboxylic acids is 1. The molecule has 5 nitrogen and oxygen atoms in total. The van der Waals surface area contributed by atoms with Crippen LogP contribution in [0.15, 0.2) is 23.1 Å². The normalized spacial score (nSPS) is 13.2.